The summed E-state index contributed by atoms with van der Waals surface area (Å²) in [4.78, 5) is 44.2. The number of aromatic nitrogens is 6. The first-order chi connectivity index (χ1) is 24.2. The zero-order valence-corrected chi connectivity index (χ0v) is 30.8. The van der Waals surface area contributed by atoms with Crippen LogP contribution in [0.2, 0.25) is 10.0 Å². The Morgan fingerprint density at radius 1 is 0.920 bits per heavy atom. The lowest BCUT2D eigenvalue weighted by molar-refractivity contribution is 0.248. The first-order valence-corrected chi connectivity index (χ1v) is 18.4. The SMILES string of the molecule is CCc1nc(-n2ncc(N3CCN(Cc4cccnc4CC(C)C)CC3)c(Cl)c2=O)ccc1N(CC)C1CCN(c2cn[nH]c(=O)c2Cl)CC1. The van der Waals surface area contributed by atoms with Crippen LogP contribution in [0.3, 0.4) is 0 Å². The maximum Gasteiger partial charge on any atom is 0.293 e. The second-order valence-electron chi connectivity index (χ2n) is 13.4. The van der Waals surface area contributed by atoms with Gasteiger partial charge in [0.1, 0.15) is 10.0 Å². The van der Waals surface area contributed by atoms with Crippen LogP contribution in [0.1, 0.15) is 57.5 Å². The van der Waals surface area contributed by atoms with Crippen LogP contribution in [-0.2, 0) is 19.4 Å². The lowest BCUT2D eigenvalue weighted by Crippen LogP contribution is -2.46. The molecule has 0 radical (unpaired) electrons. The van der Waals surface area contributed by atoms with Crippen molar-refractivity contribution in [1.82, 2.24) is 34.8 Å². The van der Waals surface area contributed by atoms with E-state index in [0.29, 0.717) is 29.5 Å². The third-order valence-electron chi connectivity index (χ3n) is 9.75. The molecule has 0 aromatic carbocycles. The van der Waals surface area contributed by atoms with Crippen LogP contribution >= 0.6 is 23.2 Å². The maximum absolute atomic E-state index is 13.6. The molecule has 2 aliphatic heterocycles. The summed E-state index contributed by atoms with van der Waals surface area (Å²) in [6.07, 6.45) is 8.61. The third-order valence-corrected chi connectivity index (χ3v) is 10.5. The van der Waals surface area contributed by atoms with Crippen molar-refractivity contribution >= 4 is 40.3 Å². The monoisotopic (exact) mass is 720 g/mol. The maximum atomic E-state index is 13.6. The van der Waals surface area contributed by atoms with Gasteiger partial charge in [-0.15, -0.1) is 0 Å². The quantitative estimate of drug-likeness (QED) is 0.227. The van der Waals surface area contributed by atoms with E-state index in [4.69, 9.17) is 28.2 Å². The third kappa shape index (κ3) is 7.67. The number of piperazine rings is 1. The number of aromatic amines is 1. The van der Waals surface area contributed by atoms with Gasteiger partial charge in [0.15, 0.2) is 5.82 Å². The predicted molar refractivity (Wildman–Crippen MR) is 200 cm³/mol. The Morgan fingerprint density at radius 3 is 2.34 bits per heavy atom. The van der Waals surface area contributed by atoms with Crippen LogP contribution in [0.4, 0.5) is 17.1 Å². The van der Waals surface area contributed by atoms with E-state index in [2.05, 4.69) is 73.6 Å². The van der Waals surface area contributed by atoms with E-state index >= 15 is 0 Å². The Balaban J connectivity index is 1.13. The minimum absolute atomic E-state index is 0.154. The number of piperidine rings is 1. The summed E-state index contributed by atoms with van der Waals surface area (Å²) in [5, 5.41) is 11.2. The molecule has 0 unspecified atom stereocenters. The summed E-state index contributed by atoms with van der Waals surface area (Å²) >= 11 is 13.0. The first kappa shape index (κ1) is 35.8. The molecule has 0 aliphatic carbocycles. The van der Waals surface area contributed by atoms with Crippen LogP contribution < -0.4 is 25.8 Å². The van der Waals surface area contributed by atoms with E-state index in [1.807, 2.05) is 24.4 Å². The Hall–Kier alpha value is -4.00. The molecule has 266 valence electrons. The molecule has 6 rings (SSSR count). The van der Waals surface area contributed by atoms with Gasteiger partial charge >= 0.3 is 0 Å². The lowest BCUT2D eigenvalue weighted by Gasteiger charge is -2.40. The smallest absolute Gasteiger partial charge is 0.293 e. The largest absolute Gasteiger partial charge is 0.369 e. The molecule has 2 aliphatic rings. The minimum atomic E-state index is -0.379. The van der Waals surface area contributed by atoms with Crippen LogP contribution in [0.5, 0.6) is 0 Å². The van der Waals surface area contributed by atoms with Gasteiger partial charge in [-0.2, -0.15) is 14.9 Å². The van der Waals surface area contributed by atoms with E-state index in [0.717, 1.165) is 83.0 Å². The van der Waals surface area contributed by atoms with Crippen molar-refractivity contribution in [3.8, 4) is 5.82 Å². The van der Waals surface area contributed by atoms with Gasteiger partial charge in [0.05, 0.1) is 35.1 Å². The molecule has 50 heavy (non-hydrogen) atoms. The van der Waals surface area contributed by atoms with Gasteiger partial charge in [0.25, 0.3) is 11.1 Å². The van der Waals surface area contributed by atoms with Crippen molar-refractivity contribution in [1.29, 1.82) is 0 Å². The number of hydrogen-bond donors (Lipinski definition) is 1. The van der Waals surface area contributed by atoms with Crippen LogP contribution in [-0.4, -0.2) is 86.7 Å². The molecule has 0 amide bonds. The molecular weight excluding hydrogens is 675 g/mol. The number of halogens is 2. The zero-order valence-electron chi connectivity index (χ0n) is 29.3. The average Bonchev–Trinajstić information content (AvgIpc) is 3.12. The Labute approximate surface area is 303 Å². The summed E-state index contributed by atoms with van der Waals surface area (Å²) in [7, 11) is 0. The summed E-state index contributed by atoms with van der Waals surface area (Å²) in [6.45, 7) is 15.0. The van der Waals surface area contributed by atoms with Gasteiger partial charge < -0.3 is 14.7 Å². The van der Waals surface area contributed by atoms with E-state index in [1.165, 1.54) is 15.9 Å². The van der Waals surface area contributed by atoms with Gasteiger partial charge in [0, 0.05) is 70.3 Å². The fraction of sp³-hybridized carbons (Fsp3) is 0.500. The number of pyridine rings is 2. The molecule has 2 fully saturated rings. The number of nitrogens with zero attached hydrogens (tertiary/aromatic N) is 9. The molecule has 0 bridgehead atoms. The van der Waals surface area contributed by atoms with Gasteiger partial charge in [-0.1, -0.05) is 50.0 Å². The fourth-order valence-corrected chi connectivity index (χ4v) is 7.60. The zero-order chi connectivity index (χ0) is 35.4. The number of anilines is 3. The average molecular weight is 722 g/mol. The first-order valence-electron chi connectivity index (χ1n) is 17.6. The second-order valence-corrected chi connectivity index (χ2v) is 14.2. The van der Waals surface area contributed by atoms with Crippen molar-refractivity contribution in [2.75, 3.05) is 60.5 Å². The highest BCUT2D eigenvalue weighted by molar-refractivity contribution is 6.33. The highest BCUT2D eigenvalue weighted by Crippen LogP contribution is 2.31. The van der Waals surface area contributed by atoms with E-state index in [9.17, 15) is 9.59 Å². The molecule has 0 saturated carbocycles. The molecule has 6 heterocycles. The molecule has 4 aromatic heterocycles. The van der Waals surface area contributed by atoms with Gasteiger partial charge in [-0.25, -0.2) is 10.1 Å². The van der Waals surface area contributed by atoms with Crippen molar-refractivity contribution in [2.24, 2.45) is 5.92 Å². The van der Waals surface area contributed by atoms with Gasteiger partial charge in [-0.05, 0) is 62.3 Å². The Morgan fingerprint density at radius 2 is 1.64 bits per heavy atom. The van der Waals surface area contributed by atoms with Crippen molar-refractivity contribution in [3.63, 3.8) is 0 Å². The van der Waals surface area contributed by atoms with Crippen LogP contribution in [0.15, 0.2) is 52.4 Å². The van der Waals surface area contributed by atoms with Crippen molar-refractivity contribution in [2.45, 2.75) is 66.0 Å². The van der Waals surface area contributed by atoms with Gasteiger partial charge in [0.2, 0.25) is 0 Å². The highest BCUT2D eigenvalue weighted by atomic mass is 35.5. The topological polar surface area (TPSA) is 119 Å². The lowest BCUT2D eigenvalue weighted by atomic mass is 10.0. The van der Waals surface area contributed by atoms with Gasteiger partial charge in [-0.3, -0.25) is 19.5 Å². The number of nitrogens with one attached hydrogen (secondary N) is 1. The van der Waals surface area contributed by atoms with Crippen LogP contribution in [0, 0.1) is 5.92 Å². The number of H-pyrrole nitrogens is 1. The van der Waals surface area contributed by atoms with E-state index < -0.39 is 0 Å². The molecule has 14 heteroatoms. The Bertz CT molecular complexity index is 1900. The van der Waals surface area contributed by atoms with Crippen LogP contribution in [0.25, 0.3) is 5.82 Å². The highest BCUT2D eigenvalue weighted by Gasteiger charge is 2.28. The van der Waals surface area contributed by atoms with E-state index in [-0.39, 0.29) is 27.2 Å². The molecule has 0 atom stereocenters. The summed E-state index contributed by atoms with van der Waals surface area (Å²) in [5.41, 5.74) is 4.95. The predicted octanol–water partition coefficient (Wildman–Crippen LogP) is 4.99. The molecule has 1 N–H and O–H groups in total. The molecule has 4 aromatic rings. The van der Waals surface area contributed by atoms with E-state index in [1.54, 1.807) is 12.4 Å². The van der Waals surface area contributed by atoms with Crippen molar-refractivity contribution < 1.29 is 0 Å². The number of aryl methyl sites for hydroxylation is 1. The number of rotatable bonds is 11. The summed E-state index contributed by atoms with van der Waals surface area (Å²) in [6, 6.07) is 8.36. The molecular formula is C36H46Cl2N10O2. The second kappa shape index (κ2) is 15.9. The standard InChI is InChI=1S/C36H46Cl2N10O2/c1-5-27-29(47(6-2)26-11-14-45(15-12-26)30-21-40-43-35(49)33(30)37)9-10-32(42-27)48-36(50)34(38)31(22-41-48)46-18-16-44(17-19-46)23-25-8-7-13-39-28(25)20-24(3)4/h7-10,13,21-22,24,26H,5-6,11-12,14-20,23H2,1-4H3,(H,43,49). The molecule has 2 saturated heterocycles. The Kier molecular flexibility index (Phi) is 11.4. The normalized spacial score (nSPS) is 16.0. The summed E-state index contributed by atoms with van der Waals surface area (Å²) in [5.74, 6) is 0.999. The van der Waals surface area contributed by atoms with Crippen molar-refractivity contribution in [3.05, 3.63) is 90.6 Å². The molecule has 0 spiro atoms. The minimum Gasteiger partial charge on any atom is -0.369 e. The summed E-state index contributed by atoms with van der Waals surface area (Å²) < 4.78 is 1.30. The molecule has 12 nitrogen and oxygen atoms in total. The fourth-order valence-electron chi connectivity index (χ4n) is 7.14. The number of hydrogen-bond acceptors (Lipinski definition) is 10.